The van der Waals surface area contributed by atoms with Crippen molar-refractivity contribution in [1.29, 1.82) is 0 Å². The highest BCUT2D eigenvalue weighted by molar-refractivity contribution is 5.93. The Morgan fingerprint density at radius 2 is 2.20 bits per heavy atom. The maximum absolute atomic E-state index is 9.11. The minimum atomic E-state index is -0.0965. The van der Waals surface area contributed by atoms with Gasteiger partial charge in [0.15, 0.2) is 0 Å². The molecular formula is C12H22N2O. The molecule has 0 heterocycles. The lowest BCUT2D eigenvalue weighted by atomic mass is 9.73. The second-order valence-corrected chi connectivity index (χ2v) is 5.00. The predicted molar refractivity (Wildman–Crippen MR) is 63.5 cm³/mol. The summed E-state index contributed by atoms with van der Waals surface area (Å²) in [7, 11) is 4.07. The van der Waals surface area contributed by atoms with Crippen molar-refractivity contribution >= 4 is 5.71 Å². The zero-order valence-electron chi connectivity index (χ0n) is 10.2. The topological polar surface area (TPSA) is 35.8 Å². The number of hydrogen-bond acceptors (Lipinski definition) is 3. The van der Waals surface area contributed by atoms with Crippen LogP contribution in [0.25, 0.3) is 0 Å². The van der Waals surface area contributed by atoms with Crippen LogP contribution in [0.2, 0.25) is 0 Å². The molecule has 3 nitrogen and oxygen atoms in total. The van der Waals surface area contributed by atoms with Gasteiger partial charge in [-0.3, -0.25) is 4.90 Å². The Bertz CT molecular complexity index is 283. The summed E-state index contributed by atoms with van der Waals surface area (Å²) in [4.78, 5) is 2.14. The first-order chi connectivity index (χ1) is 6.91. The van der Waals surface area contributed by atoms with Crippen LogP contribution in [0.15, 0.2) is 17.3 Å². The fourth-order valence-corrected chi connectivity index (χ4v) is 2.21. The SMILES string of the molecule is C=C(C)[C@@H]1CC[C@](C)(N(C)C)/C(=N\O)C1. The molecule has 0 spiro atoms. The summed E-state index contributed by atoms with van der Waals surface area (Å²) in [6.45, 7) is 8.18. The van der Waals surface area contributed by atoms with Crippen molar-refractivity contribution < 1.29 is 5.21 Å². The van der Waals surface area contributed by atoms with Gasteiger partial charge in [0.1, 0.15) is 0 Å². The third kappa shape index (κ3) is 2.23. The standard InChI is InChI=1S/C12H22N2O/c1-9(2)10-6-7-12(3,14(4)5)11(8-10)13-15/h10,15H,1,6-8H2,2-5H3/b13-11-/t10-,12+/m1/s1. The first kappa shape index (κ1) is 12.2. The molecule has 3 heteroatoms. The van der Waals surface area contributed by atoms with Gasteiger partial charge in [-0.15, -0.1) is 0 Å². The minimum Gasteiger partial charge on any atom is -0.411 e. The fraction of sp³-hybridized carbons (Fsp3) is 0.750. The van der Waals surface area contributed by atoms with Gasteiger partial charge in [-0.25, -0.2) is 0 Å². The van der Waals surface area contributed by atoms with Crippen LogP contribution in [0.3, 0.4) is 0 Å². The molecule has 1 rings (SSSR count). The summed E-state index contributed by atoms with van der Waals surface area (Å²) in [5.74, 6) is 0.476. The van der Waals surface area contributed by atoms with Crippen LogP contribution in [-0.2, 0) is 0 Å². The molecule has 0 aromatic rings. The van der Waals surface area contributed by atoms with Crippen LogP contribution in [0.4, 0.5) is 0 Å². The summed E-state index contributed by atoms with van der Waals surface area (Å²) in [6.07, 6.45) is 2.99. The molecule has 1 saturated carbocycles. The van der Waals surface area contributed by atoms with E-state index in [1.54, 1.807) is 0 Å². The van der Waals surface area contributed by atoms with E-state index in [4.69, 9.17) is 5.21 Å². The Kier molecular flexibility index (Phi) is 3.55. The lowest BCUT2D eigenvalue weighted by molar-refractivity contribution is 0.193. The van der Waals surface area contributed by atoms with Gasteiger partial charge in [0, 0.05) is 0 Å². The monoisotopic (exact) mass is 210 g/mol. The molecule has 0 aliphatic heterocycles. The average Bonchev–Trinajstić information content (AvgIpc) is 2.17. The van der Waals surface area contributed by atoms with Crippen molar-refractivity contribution in [2.45, 2.75) is 38.6 Å². The van der Waals surface area contributed by atoms with Gasteiger partial charge in [0.2, 0.25) is 0 Å². The quantitative estimate of drug-likeness (QED) is 0.432. The van der Waals surface area contributed by atoms with E-state index in [0.717, 1.165) is 25.0 Å². The molecule has 2 atom stereocenters. The molecule has 1 aliphatic carbocycles. The van der Waals surface area contributed by atoms with Crippen molar-refractivity contribution in [2.24, 2.45) is 11.1 Å². The molecule has 15 heavy (non-hydrogen) atoms. The second-order valence-electron chi connectivity index (χ2n) is 5.00. The third-order valence-corrected chi connectivity index (χ3v) is 3.85. The highest BCUT2D eigenvalue weighted by atomic mass is 16.4. The Labute approximate surface area is 92.5 Å². The lowest BCUT2D eigenvalue weighted by Gasteiger charge is -2.42. The summed E-state index contributed by atoms with van der Waals surface area (Å²) in [5.41, 5.74) is 1.98. The van der Waals surface area contributed by atoms with E-state index in [-0.39, 0.29) is 5.54 Å². The molecule has 0 saturated heterocycles. The fourth-order valence-electron chi connectivity index (χ4n) is 2.21. The van der Waals surface area contributed by atoms with Crippen molar-refractivity contribution in [3.63, 3.8) is 0 Å². The van der Waals surface area contributed by atoms with Gasteiger partial charge >= 0.3 is 0 Å². The maximum atomic E-state index is 9.11. The first-order valence-electron chi connectivity index (χ1n) is 5.46. The maximum Gasteiger partial charge on any atom is 0.0776 e. The first-order valence-corrected chi connectivity index (χ1v) is 5.46. The number of nitrogens with zero attached hydrogens (tertiary/aromatic N) is 2. The second kappa shape index (κ2) is 4.35. The van der Waals surface area contributed by atoms with Crippen LogP contribution >= 0.6 is 0 Å². The van der Waals surface area contributed by atoms with E-state index in [2.05, 4.69) is 30.5 Å². The Hall–Kier alpha value is -0.830. The summed E-state index contributed by atoms with van der Waals surface area (Å²) in [6, 6.07) is 0. The van der Waals surface area contributed by atoms with Gasteiger partial charge in [0.25, 0.3) is 0 Å². The molecule has 0 aromatic carbocycles. The largest absolute Gasteiger partial charge is 0.411 e. The van der Waals surface area contributed by atoms with Crippen molar-refractivity contribution in [3.05, 3.63) is 12.2 Å². The molecule has 0 radical (unpaired) electrons. The van der Waals surface area contributed by atoms with E-state index in [1.165, 1.54) is 5.57 Å². The van der Waals surface area contributed by atoms with Crippen LogP contribution in [-0.4, -0.2) is 35.5 Å². The molecule has 86 valence electrons. The summed E-state index contributed by atoms with van der Waals surface area (Å²) < 4.78 is 0. The van der Waals surface area contributed by atoms with Gasteiger partial charge in [-0.1, -0.05) is 17.3 Å². The van der Waals surface area contributed by atoms with Crippen LogP contribution < -0.4 is 0 Å². The zero-order chi connectivity index (χ0) is 11.6. The Morgan fingerprint density at radius 3 is 2.60 bits per heavy atom. The van der Waals surface area contributed by atoms with E-state index in [9.17, 15) is 0 Å². The molecule has 0 amide bonds. The number of allylic oxidation sites excluding steroid dienone is 1. The highest BCUT2D eigenvalue weighted by Crippen LogP contribution is 2.35. The van der Waals surface area contributed by atoms with E-state index in [0.29, 0.717) is 5.92 Å². The normalized spacial score (nSPS) is 34.7. The van der Waals surface area contributed by atoms with Crippen LogP contribution in [0.5, 0.6) is 0 Å². The average molecular weight is 210 g/mol. The van der Waals surface area contributed by atoms with Gasteiger partial charge < -0.3 is 5.21 Å². The highest BCUT2D eigenvalue weighted by Gasteiger charge is 2.39. The minimum absolute atomic E-state index is 0.0965. The molecule has 0 bridgehead atoms. The van der Waals surface area contributed by atoms with Gasteiger partial charge in [-0.2, -0.15) is 0 Å². The predicted octanol–water partition coefficient (Wildman–Crippen LogP) is 2.51. The zero-order valence-corrected chi connectivity index (χ0v) is 10.2. The number of oxime groups is 1. The Balaban J connectivity index is 2.87. The summed E-state index contributed by atoms with van der Waals surface area (Å²) >= 11 is 0. The molecule has 1 fully saturated rings. The molecular weight excluding hydrogens is 188 g/mol. The number of rotatable bonds is 2. The molecule has 0 unspecified atom stereocenters. The molecule has 1 aliphatic rings. The van der Waals surface area contributed by atoms with Crippen molar-refractivity contribution in [1.82, 2.24) is 4.90 Å². The van der Waals surface area contributed by atoms with Crippen LogP contribution in [0, 0.1) is 5.92 Å². The lowest BCUT2D eigenvalue weighted by Crippen LogP contribution is -2.51. The van der Waals surface area contributed by atoms with E-state index in [1.807, 2.05) is 14.1 Å². The Morgan fingerprint density at radius 1 is 1.60 bits per heavy atom. The van der Waals surface area contributed by atoms with Crippen molar-refractivity contribution in [3.8, 4) is 0 Å². The number of hydrogen-bond donors (Lipinski definition) is 1. The smallest absolute Gasteiger partial charge is 0.0776 e. The van der Waals surface area contributed by atoms with E-state index < -0.39 is 0 Å². The van der Waals surface area contributed by atoms with Crippen LogP contribution in [0.1, 0.15) is 33.1 Å². The van der Waals surface area contributed by atoms with Gasteiger partial charge in [-0.05, 0) is 53.1 Å². The van der Waals surface area contributed by atoms with Gasteiger partial charge in [0.05, 0.1) is 11.3 Å². The third-order valence-electron chi connectivity index (χ3n) is 3.85. The van der Waals surface area contributed by atoms with Crippen molar-refractivity contribution in [2.75, 3.05) is 14.1 Å². The molecule has 0 aromatic heterocycles. The molecule has 1 N–H and O–H groups in total. The van der Waals surface area contributed by atoms with E-state index >= 15 is 0 Å². The summed E-state index contributed by atoms with van der Waals surface area (Å²) in [5, 5.41) is 12.6.